The fourth-order valence-electron chi connectivity index (χ4n) is 1.24. The van der Waals surface area contributed by atoms with Gasteiger partial charge in [0, 0.05) is 25.4 Å². The number of rotatable bonds is 3. The molecule has 2 unspecified atom stereocenters. The average Bonchev–Trinajstić information content (AvgIpc) is 2.42. The molecule has 0 bridgehead atoms. The molecule has 0 amide bonds. The van der Waals surface area contributed by atoms with E-state index in [2.05, 4.69) is 5.10 Å². The van der Waals surface area contributed by atoms with Gasteiger partial charge in [0.05, 0.1) is 11.8 Å². The summed E-state index contributed by atoms with van der Waals surface area (Å²) in [4.78, 5) is 0. The van der Waals surface area contributed by atoms with Gasteiger partial charge >= 0.3 is 0 Å². The molecule has 5 heteroatoms. The van der Waals surface area contributed by atoms with Crippen molar-refractivity contribution >= 4 is 0 Å². The highest BCUT2D eigenvalue weighted by Gasteiger charge is 2.20. The normalized spacial score (nSPS) is 15.8. The Morgan fingerprint density at radius 2 is 2.23 bits per heavy atom. The summed E-state index contributed by atoms with van der Waals surface area (Å²) >= 11 is 0. The number of aliphatic hydroxyl groups is 2. The maximum atomic E-state index is 9.60. The third kappa shape index (κ3) is 2.06. The number of aryl methyl sites for hydroxylation is 2. The van der Waals surface area contributed by atoms with Crippen molar-refractivity contribution < 1.29 is 10.2 Å². The second-order valence-electron chi connectivity index (χ2n) is 3.09. The molecule has 0 saturated heterocycles. The molecule has 0 aromatic carbocycles. The van der Waals surface area contributed by atoms with Crippen molar-refractivity contribution in [3.05, 3.63) is 17.5 Å². The van der Waals surface area contributed by atoms with Crippen molar-refractivity contribution in [2.24, 2.45) is 12.8 Å². The standard InChI is InChI=1S/C8H15N3O2/c1-5-6(4-11(2)10-5)8(13)7(12)3-9/h4,7-8,12-13H,3,9H2,1-2H3. The van der Waals surface area contributed by atoms with Crippen LogP contribution in [-0.2, 0) is 7.05 Å². The van der Waals surface area contributed by atoms with Gasteiger partial charge in [0.2, 0.25) is 0 Å². The van der Waals surface area contributed by atoms with Gasteiger partial charge in [0.25, 0.3) is 0 Å². The second-order valence-corrected chi connectivity index (χ2v) is 3.09. The summed E-state index contributed by atoms with van der Waals surface area (Å²) < 4.78 is 1.59. The van der Waals surface area contributed by atoms with Gasteiger partial charge in [-0.15, -0.1) is 0 Å². The van der Waals surface area contributed by atoms with Crippen LogP contribution in [0, 0.1) is 6.92 Å². The molecular weight excluding hydrogens is 170 g/mol. The number of aromatic nitrogens is 2. The number of nitrogens with two attached hydrogens (primary N) is 1. The lowest BCUT2D eigenvalue weighted by atomic mass is 10.1. The van der Waals surface area contributed by atoms with Gasteiger partial charge in [0.15, 0.2) is 0 Å². The third-order valence-corrected chi connectivity index (χ3v) is 1.98. The van der Waals surface area contributed by atoms with Gasteiger partial charge in [-0.25, -0.2) is 0 Å². The van der Waals surface area contributed by atoms with Crippen LogP contribution in [0.4, 0.5) is 0 Å². The molecule has 5 nitrogen and oxygen atoms in total. The van der Waals surface area contributed by atoms with Crippen molar-refractivity contribution in [2.45, 2.75) is 19.1 Å². The fraction of sp³-hybridized carbons (Fsp3) is 0.625. The molecule has 0 fully saturated rings. The van der Waals surface area contributed by atoms with Gasteiger partial charge in [0.1, 0.15) is 6.10 Å². The van der Waals surface area contributed by atoms with Gasteiger partial charge in [-0.1, -0.05) is 0 Å². The topological polar surface area (TPSA) is 84.3 Å². The number of hydrogen-bond acceptors (Lipinski definition) is 4. The minimum Gasteiger partial charge on any atom is -0.389 e. The minimum absolute atomic E-state index is 0.0372. The van der Waals surface area contributed by atoms with E-state index in [-0.39, 0.29) is 6.54 Å². The first kappa shape index (κ1) is 10.2. The zero-order valence-electron chi connectivity index (χ0n) is 7.81. The van der Waals surface area contributed by atoms with Crippen LogP contribution in [0.2, 0.25) is 0 Å². The van der Waals surface area contributed by atoms with E-state index < -0.39 is 12.2 Å². The summed E-state index contributed by atoms with van der Waals surface area (Å²) in [5, 5.41) is 23.0. The third-order valence-electron chi connectivity index (χ3n) is 1.98. The minimum atomic E-state index is -0.946. The highest BCUT2D eigenvalue weighted by molar-refractivity contribution is 5.19. The van der Waals surface area contributed by atoms with Crippen LogP contribution in [0.25, 0.3) is 0 Å². The van der Waals surface area contributed by atoms with Crippen LogP contribution in [-0.4, -0.2) is 32.6 Å². The van der Waals surface area contributed by atoms with E-state index >= 15 is 0 Å². The Morgan fingerprint density at radius 1 is 1.62 bits per heavy atom. The van der Waals surface area contributed by atoms with Gasteiger partial charge in [-0.05, 0) is 6.92 Å². The lowest BCUT2D eigenvalue weighted by Crippen LogP contribution is -2.27. The molecule has 13 heavy (non-hydrogen) atoms. The highest BCUT2D eigenvalue weighted by atomic mass is 16.3. The van der Waals surface area contributed by atoms with Crippen LogP contribution in [0.5, 0.6) is 0 Å². The van der Waals surface area contributed by atoms with Crippen molar-refractivity contribution in [2.75, 3.05) is 6.54 Å². The zero-order valence-corrected chi connectivity index (χ0v) is 7.81. The molecule has 2 atom stereocenters. The molecule has 0 saturated carbocycles. The van der Waals surface area contributed by atoms with Crippen molar-refractivity contribution in [1.29, 1.82) is 0 Å². The Hall–Kier alpha value is -0.910. The number of hydrogen-bond donors (Lipinski definition) is 3. The van der Waals surface area contributed by atoms with Crippen LogP contribution in [0.3, 0.4) is 0 Å². The molecule has 0 spiro atoms. The number of nitrogens with zero attached hydrogens (tertiary/aromatic N) is 2. The van der Waals surface area contributed by atoms with Crippen molar-refractivity contribution in [3.8, 4) is 0 Å². The lowest BCUT2D eigenvalue weighted by Gasteiger charge is -2.14. The van der Waals surface area contributed by atoms with Gasteiger partial charge in [-0.3, -0.25) is 4.68 Å². The molecule has 4 N–H and O–H groups in total. The fourth-order valence-corrected chi connectivity index (χ4v) is 1.24. The molecule has 1 aromatic rings. The maximum absolute atomic E-state index is 9.60. The average molecular weight is 185 g/mol. The van der Waals surface area contributed by atoms with Gasteiger partial charge < -0.3 is 15.9 Å². The quantitative estimate of drug-likeness (QED) is 0.568. The number of aliphatic hydroxyl groups excluding tert-OH is 2. The van der Waals surface area contributed by atoms with Crippen molar-refractivity contribution in [3.63, 3.8) is 0 Å². The summed E-state index contributed by atoms with van der Waals surface area (Å²) in [5.41, 5.74) is 6.57. The Morgan fingerprint density at radius 3 is 2.62 bits per heavy atom. The lowest BCUT2D eigenvalue weighted by molar-refractivity contribution is 0.0239. The smallest absolute Gasteiger partial charge is 0.109 e. The molecule has 0 radical (unpaired) electrons. The van der Waals surface area contributed by atoms with Crippen LogP contribution >= 0.6 is 0 Å². The predicted octanol–water partition coefficient (Wildman–Crippen LogP) is -0.918. The van der Waals surface area contributed by atoms with E-state index in [1.807, 2.05) is 0 Å². The molecule has 0 aliphatic carbocycles. The Labute approximate surface area is 76.8 Å². The summed E-state index contributed by atoms with van der Waals surface area (Å²) in [6.45, 7) is 1.82. The molecule has 1 heterocycles. The largest absolute Gasteiger partial charge is 0.389 e. The second kappa shape index (κ2) is 3.87. The summed E-state index contributed by atoms with van der Waals surface area (Å²) in [6, 6.07) is 0. The van der Waals surface area contributed by atoms with E-state index in [0.29, 0.717) is 11.3 Å². The van der Waals surface area contributed by atoms with E-state index in [9.17, 15) is 10.2 Å². The Balaban J connectivity index is 2.87. The van der Waals surface area contributed by atoms with E-state index in [0.717, 1.165) is 0 Å². The SMILES string of the molecule is Cc1nn(C)cc1C(O)C(O)CN. The molecule has 0 aliphatic heterocycles. The van der Waals surface area contributed by atoms with Crippen LogP contribution < -0.4 is 5.73 Å². The van der Waals surface area contributed by atoms with E-state index in [1.165, 1.54) is 0 Å². The molecule has 1 aromatic heterocycles. The highest BCUT2D eigenvalue weighted by Crippen LogP contribution is 2.18. The van der Waals surface area contributed by atoms with Crippen LogP contribution in [0.15, 0.2) is 6.20 Å². The monoisotopic (exact) mass is 185 g/mol. The first-order chi connectivity index (χ1) is 6.06. The predicted molar refractivity (Wildman–Crippen MR) is 48.0 cm³/mol. The first-order valence-corrected chi connectivity index (χ1v) is 4.12. The van der Waals surface area contributed by atoms with Crippen molar-refractivity contribution in [1.82, 2.24) is 9.78 Å². The molecular formula is C8H15N3O2. The molecule has 0 aliphatic rings. The zero-order chi connectivity index (χ0) is 10.0. The summed E-state index contributed by atoms with van der Waals surface area (Å²) in [7, 11) is 1.76. The van der Waals surface area contributed by atoms with E-state index in [4.69, 9.17) is 5.73 Å². The van der Waals surface area contributed by atoms with E-state index in [1.54, 1.807) is 24.9 Å². The van der Waals surface area contributed by atoms with Gasteiger partial charge in [-0.2, -0.15) is 5.10 Å². The Bertz CT molecular complexity index is 285. The Kier molecular flexibility index (Phi) is 3.02. The molecule has 1 rings (SSSR count). The van der Waals surface area contributed by atoms with Crippen LogP contribution in [0.1, 0.15) is 17.4 Å². The molecule has 74 valence electrons. The summed E-state index contributed by atoms with van der Waals surface area (Å²) in [6.07, 6.45) is -0.194. The summed E-state index contributed by atoms with van der Waals surface area (Å²) in [5.74, 6) is 0. The maximum Gasteiger partial charge on any atom is 0.109 e. The first-order valence-electron chi connectivity index (χ1n) is 4.12.